The maximum absolute atomic E-state index is 12.1. The summed E-state index contributed by atoms with van der Waals surface area (Å²) in [4.78, 5) is 12.1. The summed E-state index contributed by atoms with van der Waals surface area (Å²) in [5.41, 5.74) is 5.41. The normalized spacial score (nSPS) is 22.6. The lowest BCUT2D eigenvalue weighted by Crippen LogP contribution is -2.49. The van der Waals surface area contributed by atoms with Gasteiger partial charge in [-0.1, -0.05) is 12.8 Å². The van der Waals surface area contributed by atoms with Crippen molar-refractivity contribution in [1.29, 1.82) is 0 Å². The van der Waals surface area contributed by atoms with Gasteiger partial charge in [0.05, 0.1) is 5.41 Å². The van der Waals surface area contributed by atoms with Crippen molar-refractivity contribution in [3.8, 4) is 0 Å². The number of amides is 1. The quantitative estimate of drug-likeness (QED) is 0.779. The van der Waals surface area contributed by atoms with Crippen LogP contribution in [0.1, 0.15) is 32.1 Å². The standard InChI is InChI=1S/C12H22N2O2.ClH/c13-9-12(4-7-16-8-5-12)11(15)14-6-3-10-1-2-10;/h10H,1-9,13H2,(H,14,15);1H. The summed E-state index contributed by atoms with van der Waals surface area (Å²) in [5, 5.41) is 3.04. The van der Waals surface area contributed by atoms with Crippen molar-refractivity contribution in [2.45, 2.75) is 32.1 Å². The summed E-state index contributed by atoms with van der Waals surface area (Å²) < 4.78 is 5.29. The second-order valence-corrected chi connectivity index (χ2v) is 5.08. The van der Waals surface area contributed by atoms with Crippen molar-refractivity contribution in [3.63, 3.8) is 0 Å². The van der Waals surface area contributed by atoms with Crippen LogP contribution in [0.4, 0.5) is 0 Å². The smallest absolute Gasteiger partial charge is 0.227 e. The van der Waals surface area contributed by atoms with Crippen molar-refractivity contribution in [2.24, 2.45) is 17.1 Å². The summed E-state index contributed by atoms with van der Waals surface area (Å²) in [6.45, 7) is 2.57. The molecule has 2 rings (SSSR count). The first kappa shape index (κ1) is 14.7. The number of halogens is 1. The van der Waals surface area contributed by atoms with Crippen LogP contribution in [0.25, 0.3) is 0 Å². The summed E-state index contributed by atoms with van der Waals surface area (Å²) >= 11 is 0. The Morgan fingerprint density at radius 3 is 2.53 bits per heavy atom. The van der Waals surface area contributed by atoms with Crippen LogP contribution < -0.4 is 11.1 Å². The average Bonchev–Trinajstić information content (AvgIpc) is 3.14. The summed E-state index contributed by atoms with van der Waals surface area (Å²) in [6.07, 6.45) is 5.33. The van der Waals surface area contributed by atoms with Gasteiger partial charge in [0, 0.05) is 26.3 Å². The first-order valence-corrected chi connectivity index (χ1v) is 6.33. The molecule has 0 atom stereocenters. The Labute approximate surface area is 109 Å². The molecule has 4 nitrogen and oxygen atoms in total. The summed E-state index contributed by atoms with van der Waals surface area (Å²) in [5.74, 6) is 1.00. The van der Waals surface area contributed by atoms with E-state index in [-0.39, 0.29) is 23.7 Å². The first-order valence-electron chi connectivity index (χ1n) is 6.33. The van der Waals surface area contributed by atoms with Gasteiger partial charge >= 0.3 is 0 Å². The van der Waals surface area contributed by atoms with Gasteiger partial charge in [-0.25, -0.2) is 0 Å². The number of carbonyl (C=O) groups is 1. The average molecular weight is 263 g/mol. The molecule has 3 N–H and O–H groups in total. The molecule has 1 aliphatic heterocycles. The molecule has 0 unspecified atom stereocenters. The summed E-state index contributed by atoms with van der Waals surface area (Å²) in [7, 11) is 0. The maximum Gasteiger partial charge on any atom is 0.227 e. The SMILES string of the molecule is Cl.NCC1(C(=O)NCCC2CC2)CCOCC1. The number of carbonyl (C=O) groups excluding carboxylic acids is 1. The van der Waals surface area contributed by atoms with E-state index in [1.807, 2.05) is 0 Å². The molecule has 2 aliphatic rings. The van der Waals surface area contributed by atoms with Crippen LogP contribution in [0.3, 0.4) is 0 Å². The van der Waals surface area contributed by atoms with Crippen LogP contribution in [-0.2, 0) is 9.53 Å². The zero-order chi connectivity index (χ0) is 11.4. The lowest BCUT2D eigenvalue weighted by molar-refractivity contribution is -0.135. The zero-order valence-corrected chi connectivity index (χ0v) is 11.1. The topological polar surface area (TPSA) is 64.4 Å². The third-order valence-electron chi connectivity index (χ3n) is 3.86. The third-order valence-corrected chi connectivity index (χ3v) is 3.86. The van der Waals surface area contributed by atoms with Crippen molar-refractivity contribution < 1.29 is 9.53 Å². The van der Waals surface area contributed by atoms with Crippen LogP contribution in [0.2, 0.25) is 0 Å². The highest BCUT2D eigenvalue weighted by atomic mass is 35.5. The minimum Gasteiger partial charge on any atom is -0.381 e. The van der Waals surface area contributed by atoms with Gasteiger partial charge in [0.1, 0.15) is 0 Å². The van der Waals surface area contributed by atoms with E-state index in [0.717, 1.165) is 31.7 Å². The number of ether oxygens (including phenoxy) is 1. The lowest BCUT2D eigenvalue weighted by atomic mass is 9.79. The predicted octanol–water partition coefficient (Wildman–Crippen LogP) is 1.08. The predicted molar refractivity (Wildman–Crippen MR) is 69.1 cm³/mol. The minimum atomic E-state index is -0.359. The second kappa shape index (κ2) is 6.57. The Morgan fingerprint density at radius 2 is 2.00 bits per heavy atom. The third kappa shape index (κ3) is 3.83. The fraction of sp³-hybridized carbons (Fsp3) is 0.917. The lowest BCUT2D eigenvalue weighted by Gasteiger charge is -2.34. The van der Waals surface area contributed by atoms with Gasteiger partial charge in [0.15, 0.2) is 0 Å². The fourth-order valence-electron chi connectivity index (χ4n) is 2.27. The van der Waals surface area contributed by atoms with Gasteiger partial charge in [-0.2, -0.15) is 0 Å². The molecular formula is C12H23ClN2O2. The van der Waals surface area contributed by atoms with Crippen LogP contribution >= 0.6 is 12.4 Å². The molecule has 5 heteroatoms. The molecule has 1 amide bonds. The molecule has 1 heterocycles. The van der Waals surface area contributed by atoms with E-state index in [4.69, 9.17) is 10.5 Å². The van der Waals surface area contributed by atoms with Crippen LogP contribution in [-0.4, -0.2) is 32.2 Å². The van der Waals surface area contributed by atoms with E-state index in [1.165, 1.54) is 12.8 Å². The van der Waals surface area contributed by atoms with E-state index < -0.39 is 0 Å². The Bertz CT molecular complexity index is 251. The Balaban J connectivity index is 0.00000144. The minimum absolute atomic E-state index is 0. The molecule has 0 aromatic rings. The molecule has 1 aliphatic carbocycles. The van der Waals surface area contributed by atoms with Gasteiger partial charge in [0.25, 0.3) is 0 Å². The monoisotopic (exact) mass is 262 g/mol. The van der Waals surface area contributed by atoms with Crippen molar-refractivity contribution in [1.82, 2.24) is 5.32 Å². The maximum atomic E-state index is 12.1. The van der Waals surface area contributed by atoms with Gasteiger partial charge < -0.3 is 15.8 Å². The molecule has 1 saturated carbocycles. The molecule has 17 heavy (non-hydrogen) atoms. The molecule has 1 saturated heterocycles. The van der Waals surface area contributed by atoms with Crippen molar-refractivity contribution in [3.05, 3.63) is 0 Å². The van der Waals surface area contributed by atoms with E-state index >= 15 is 0 Å². The van der Waals surface area contributed by atoms with E-state index in [0.29, 0.717) is 19.8 Å². The van der Waals surface area contributed by atoms with Gasteiger partial charge in [-0.15, -0.1) is 12.4 Å². The zero-order valence-electron chi connectivity index (χ0n) is 10.2. The molecule has 0 aromatic carbocycles. The van der Waals surface area contributed by atoms with E-state index in [1.54, 1.807) is 0 Å². The Kier molecular flexibility index (Phi) is 5.70. The number of hydrogen-bond acceptors (Lipinski definition) is 3. The first-order chi connectivity index (χ1) is 7.77. The largest absolute Gasteiger partial charge is 0.381 e. The highest BCUT2D eigenvalue weighted by Gasteiger charge is 2.38. The molecule has 100 valence electrons. The van der Waals surface area contributed by atoms with Gasteiger partial charge in [-0.05, 0) is 25.2 Å². The number of rotatable bonds is 5. The molecule has 0 radical (unpaired) electrons. The summed E-state index contributed by atoms with van der Waals surface area (Å²) in [6, 6.07) is 0. The van der Waals surface area contributed by atoms with Crippen LogP contribution in [0.5, 0.6) is 0 Å². The van der Waals surface area contributed by atoms with Gasteiger partial charge in [-0.3, -0.25) is 4.79 Å². The van der Waals surface area contributed by atoms with Gasteiger partial charge in [0.2, 0.25) is 5.91 Å². The highest BCUT2D eigenvalue weighted by Crippen LogP contribution is 2.32. The number of hydrogen-bond donors (Lipinski definition) is 2. The van der Waals surface area contributed by atoms with Crippen LogP contribution in [0.15, 0.2) is 0 Å². The molecular weight excluding hydrogens is 240 g/mol. The second-order valence-electron chi connectivity index (χ2n) is 5.08. The van der Waals surface area contributed by atoms with Crippen LogP contribution in [0, 0.1) is 11.3 Å². The molecule has 0 aromatic heterocycles. The highest BCUT2D eigenvalue weighted by molar-refractivity contribution is 5.85. The fourth-order valence-corrected chi connectivity index (χ4v) is 2.27. The number of nitrogens with two attached hydrogens (primary N) is 1. The van der Waals surface area contributed by atoms with Crippen molar-refractivity contribution >= 4 is 18.3 Å². The Morgan fingerprint density at radius 1 is 1.35 bits per heavy atom. The van der Waals surface area contributed by atoms with Crippen molar-refractivity contribution in [2.75, 3.05) is 26.3 Å². The Hall–Kier alpha value is -0.320. The van der Waals surface area contributed by atoms with E-state index in [2.05, 4.69) is 5.32 Å². The molecule has 0 spiro atoms. The number of nitrogens with one attached hydrogen (secondary N) is 1. The molecule has 0 bridgehead atoms. The van der Waals surface area contributed by atoms with E-state index in [9.17, 15) is 4.79 Å². The molecule has 2 fully saturated rings.